The molecule has 0 N–H and O–H groups in total. The molecule has 2 aliphatic heterocycles. The van der Waals surface area contributed by atoms with Gasteiger partial charge in [0.2, 0.25) is 0 Å². The predicted octanol–water partition coefficient (Wildman–Crippen LogP) is -1.65. The molecule has 0 bridgehead atoms. The van der Waals surface area contributed by atoms with Gasteiger partial charge in [-0.25, -0.2) is 28.1 Å². The number of alkyl halides is 1. The van der Waals surface area contributed by atoms with Crippen molar-refractivity contribution < 1.29 is 14.2 Å². The average Bonchev–Trinajstić information content (AvgIpc) is 3.35. The molecule has 0 aliphatic carbocycles. The summed E-state index contributed by atoms with van der Waals surface area (Å²) in [6, 6.07) is 0. The maximum atomic E-state index is 12.4. The zero-order valence-electron chi connectivity index (χ0n) is 11.9. The fourth-order valence-corrected chi connectivity index (χ4v) is 2.46. The summed E-state index contributed by atoms with van der Waals surface area (Å²) in [4.78, 5) is 37.3. The van der Waals surface area contributed by atoms with Gasteiger partial charge in [-0.05, 0) is 0 Å². The lowest BCUT2D eigenvalue weighted by Gasteiger charge is -2.16. The van der Waals surface area contributed by atoms with Crippen LogP contribution in [0.25, 0.3) is 0 Å². The zero-order chi connectivity index (χ0) is 15.9. The Morgan fingerprint density at radius 1 is 1.09 bits per heavy atom. The van der Waals surface area contributed by atoms with Gasteiger partial charge in [-0.1, -0.05) is 11.6 Å². The molecular formula is C12H16ClN3O6. The van der Waals surface area contributed by atoms with Crippen LogP contribution >= 0.6 is 11.6 Å². The second-order valence-corrected chi connectivity index (χ2v) is 5.74. The summed E-state index contributed by atoms with van der Waals surface area (Å²) in [5.74, 6) is 0. The van der Waals surface area contributed by atoms with Crippen LogP contribution in [0.3, 0.4) is 0 Å². The first-order chi connectivity index (χ1) is 10.5. The lowest BCUT2D eigenvalue weighted by atomic mass is 10.4. The minimum absolute atomic E-state index is 0.0330. The zero-order valence-corrected chi connectivity index (χ0v) is 12.7. The molecule has 0 saturated carbocycles. The number of methoxy groups -OCH3 is 1. The Kier molecular flexibility index (Phi) is 4.22. The van der Waals surface area contributed by atoms with Crippen molar-refractivity contribution in [1.29, 1.82) is 0 Å². The largest absolute Gasteiger partial charge is 0.381 e. The van der Waals surface area contributed by atoms with Crippen LogP contribution < -0.4 is 17.1 Å². The molecule has 3 heterocycles. The second-order valence-electron chi connectivity index (χ2n) is 5.24. The maximum absolute atomic E-state index is 12.4. The van der Waals surface area contributed by atoms with E-state index in [1.54, 1.807) is 0 Å². The van der Waals surface area contributed by atoms with Gasteiger partial charge < -0.3 is 14.2 Å². The highest BCUT2D eigenvalue weighted by atomic mass is 35.5. The standard InChI is InChI=1S/C12H16ClN3O6/c1-20-6-9(13)16-11(18)14(2-7-4-21-7)10(17)15(12(16)19)3-8-5-22-8/h7-9H,2-6H2,1H3. The van der Waals surface area contributed by atoms with Gasteiger partial charge in [-0.15, -0.1) is 0 Å². The number of rotatable bonds is 7. The molecule has 3 unspecified atom stereocenters. The summed E-state index contributed by atoms with van der Waals surface area (Å²) in [5, 5.41) is 0. The van der Waals surface area contributed by atoms with E-state index in [-0.39, 0.29) is 31.9 Å². The molecule has 2 aliphatic rings. The third kappa shape index (κ3) is 3.02. The van der Waals surface area contributed by atoms with Gasteiger partial charge in [-0.3, -0.25) is 0 Å². The fourth-order valence-electron chi connectivity index (χ4n) is 2.17. The highest BCUT2D eigenvalue weighted by molar-refractivity contribution is 6.19. The SMILES string of the molecule is COCC(Cl)n1c(=O)n(CC2CO2)c(=O)n(CC2CO2)c1=O. The first kappa shape index (κ1) is 15.5. The Bertz CT molecular complexity index is 678. The molecule has 2 saturated heterocycles. The van der Waals surface area contributed by atoms with Crippen LogP contribution in [0.2, 0.25) is 0 Å². The van der Waals surface area contributed by atoms with Crippen LogP contribution in [0.1, 0.15) is 5.50 Å². The van der Waals surface area contributed by atoms with E-state index in [9.17, 15) is 14.4 Å². The predicted molar refractivity (Wildman–Crippen MR) is 75.5 cm³/mol. The number of halogens is 1. The smallest absolute Gasteiger partial charge is 0.337 e. The first-order valence-corrected chi connectivity index (χ1v) is 7.29. The van der Waals surface area contributed by atoms with Crippen molar-refractivity contribution in [2.24, 2.45) is 0 Å². The summed E-state index contributed by atoms with van der Waals surface area (Å²) >= 11 is 6.06. The van der Waals surface area contributed by atoms with Crippen molar-refractivity contribution in [2.45, 2.75) is 30.8 Å². The summed E-state index contributed by atoms with van der Waals surface area (Å²) in [7, 11) is 1.41. The second kappa shape index (κ2) is 5.99. The van der Waals surface area contributed by atoms with E-state index in [1.807, 2.05) is 0 Å². The molecule has 0 amide bonds. The van der Waals surface area contributed by atoms with Gasteiger partial charge in [0.25, 0.3) is 0 Å². The Morgan fingerprint density at radius 3 is 1.91 bits per heavy atom. The van der Waals surface area contributed by atoms with E-state index < -0.39 is 22.6 Å². The quantitative estimate of drug-likeness (QED) is 0.438. The Balaban J connectivity index is 2.11. The summed E-state index contributed by atoms with van der Waals surface area (Å²) in [6.07, 6.45) is -0.364. The highest BCUT2D eigenvalue weighted by Gasteiger charge is 2.30. The normalized spacial score (nSPS) is 24.3. The third-order valence-corrected chi connectivity index (χ3v) is 3.82. The van der Waals surface area contributed by atoms with Gasteiger partial charge >= 0.3 is 17.1 Å². The number of hydrogen-bond acceptors (Lipinski definition) is 6. The molecule has 22 heavy (non-hydrogen) atoms. The molecule has 3 rings (SSSR count). The Hall–Kier alpha value is -1.42. The van der Waals surface area contributed by atoms with Crippen LogP contribution in [0.5, 0.6) is 0 Å². The van der Waals surface area contributed by atoms with Gasteiger partial charge in [0, 0.05) is 7.11 Å². The average molecular weight is 334 g/mol. The molecule has 1 aromatic rings. The van der Waals surface area contributed by atoms with Gasteiger partial charge in [0.1, 0.15) is 5.50 Å². The van der Waals surface area contributed by atoms with E-state index >= 15 is 0 Å². The number of nitrogens with zero attached hydrogens (tertiary/aromatic N) is 3. The molecule has 9 nitrogen and oxygen atoms in total. The lowest BCUT2D eigenvalue weighted by Crippen LogP contribution is -2.56. The van der Waals surface area contributed by atoms with Crippen LogP contribution in [0, 0.1) is 0 Å². The van der Waals surface area contributed by atoms with Crippen LogP contribution in [0.4, 0.5) is 0 Å². The highest BCUT2D eigenvalue weighted by Crippen LogP contribution is 2.12. The topological polar surface area (TPSA) is 100 Å². The molecule has 0 spiro atoms. The maximum Gasteiger partial charge on any atom is 0.337 e. The molecule has 2 fully saturated rings. The van der Waals surface area contributed by atoms with Crippen molar-refractivity contribution in [3.8, 4) is 0 Å². The van der Waals surface area contributed by atoms with E-state index in [0.29, 0.717) is 13.2 Å². The Morgan fingerprint density at radius 2 is 1.55 bits per heavy atom. The van der Waals surface area contributed by atoms with E-state index in [1.165, 1.54) is 7.11 Å². The molecule has 10 heteroatoms. The molecule has 0 aromatic carbocycles. The van der Waals surface area contributed by atoms with Crippen LogP contribution in [-0.2, 0) is 27.3 Å². The number of hydrogen-bond donors (Lipinski definition) is 0. The molecule has 0 radical (unpaired) electrons. The van der Waals surface area contributed by atoms with E-state index in [2.05, 4.69) is 0 Å². The first-order valence-electron chi connectivity index (χ1n) is 6.85. The van der Waals surface area contributed by atoms with E-state index in [0.717, 1.165) is 13.7 Å². The number of epoxide rings is 2. The van der Waals surface area contributed by atoms with Crippen molar-refractivity contribution in [2.75, 3.05) is 26.9 Å². The minimum atomic E-state index is -0.997. The Labute approximate surface area is 129 Å². The lowest BCUT2D eigenvalue weighted by molar-refractivity contribution is 0.176. The third-order valence-electron chi connectivity index (χ3n) is 3.50. The van der Waals surface area contributed by atoms with Gasteiger partial charge in [0.15, 0.2) is 0 Å². The molecule has 122 valence electrons. The van der Waals surface area contributed by atoms with Crippen molar-refractivity contribution in [3.05, 3.63) is 31.5 Å². The number of ether oxygens (including phenoxy) is 3. The van der Waals surface area contributed by atoms with Gasteiger partial charge in [0.05, 0.1) is 45.1 Å². The monoisotopic (exact) mass is 333 g/mol. The minimum Gasteiger partial charge on any atom is -0.381 e. The van der Waals surface area contributed by atoms with Crippen LogP contribution in [-0.4, -0.2) is 52.8 Å². The number of aromatic nitrogens is 3. The molecule has 3 atom stereocenters. The van der Waals surface area contributed by atoms with Crippen molar-refractivity contribution >= 4 is 11.6 Å². The molecule has 1 aromatic heterocycles. The van der Waals surface area contributed by atoms with Gasteiger partial charge in [-0.2, -0.15) is 0 Å². The fraction of sp³-hybridized carbons (Fsp3) is 0.750. The van der Waals surface area contributed by atoms with Crippen LogP contribution in [0.15, 0.2) is 14.4 Å². The molecular weight excluding hydrogens is 318 g/mol. The summed E-state index contributed by atoms with van der Waals surface area (Å²) < 4.78 is 17.8. The van der Waals surface area contributed by atoms with Crippen molar-refractivity contribution in [1.82, 2.24) is 13.7 Å². The van der Waals surface area contributed by atoms with Crippen molar-refractivity contribution in [3.63, 3.8) is 0 Å². The summed E-state index contributed by atoms with van der Waals surface area (Å²) in [5.41, 5.74) is -3.17. The van der Waals surface area contributed by atoms with E-state index in [4.69, 9.17) is 25.8 Å². The summed E-state index contributed by atoms with van der Waals surface area (Å²) in [6.45, 7) is 1.13.